The lowest BCUT2D eigenvalue weighted by Crippen LogP contribution is -2.48. The molecule has 0 saturated carbocycles. The number of nitrogens with one attached hydrogen (secondary N) is 2. The van der Waals surface area contributed by atoms with E-state index in [0.717, 1.165) is 0 Å². The molecule has 0 radical (unpaired) electrons. The molecule has 19 heavy (non-hydrogen) atoms. The topological polar surface area (TPSA) is 108 Å². The molecule has 1 fully saturated rings. The lowest BCUT2D eigenvalue weighted by atomic mass is 10.0. The number of ether oxygens (including phenoxy) is 1. The monoisotopic (exact) mass is 273 g/mol. The summed E-state index contributed by atoms with van der Waals surface area (Å²) in [6, 6.07) is -0.921. The molecule has 1 aliphatic rings. The molecule has 0 aromatic rings. The molecule has 3 amide bonds. The van der Waals surface area contributed by atoms with Crippen LogP contribution >= 0.6 is 0 Å². The number of amides is 3. The highest BCUT2D eigenvalue weighted by Crippen LogP contribution is 2.18. The second kappa shape index (κ2) is 7.05. The summed E-state index contributed by atoms with van der Waals surface area (Å²) in [6.07, 6.45) is 0. The minimum atomic E-state index is -0.946. The predicted octanol–water partition coefficient (Wildman–Crippen LogP) is -1.14. The van der Waals surface area contributed by atoms with E-state index >= 15 is 0 Å². The molecule has 2 unspecified atom stereocenters. The molecule has 0 bridgehead atoms. The molecule has 0 aromatic heterocycles. The number of carbonyl (C=O) groups is 3. The zero-order chi connectivity index (χ0) is 14.4. The lowest BCUT2D eigenvalue weighted by molar-refractivity contribution is -0.143. The summed E-state index contributed by atoms with van der Waals surface area (Å²) < 4.78 is 5.12. The number of carboxylic acids is 1. The lowest BCUT2D eigenvalue weighted by Gasteiger charge is -2.25. The molecule has 0 aliphatic carbocycles. The van der Waals surface area contributed by atoms with E-state index in [1.807, 2.05) is 0 Å². The number of hydrogen-bond donors (Lipinski definition) is 3. The first-order valence-corrected chi connectivity index (χ1v) is 6.04. The second-order valence-corrected chi connectivity index (χ2v) is 4.37. The van der Waals surface area contributed by atoms with Gasteiger partial charge in [0, 0.05) is 12.6 Å². The summed E-state index contributed by atoms with van der Waals surface area (Å²) >= 11 is 0. The van der Waals surface area contributed by atoms with E-state index in [-0.39, 0.29) is 25.8 Å². The zero-order valence-corrected chi connectivity index (χ0v) is 11.0. The van der Waals surface area contributed by atoms with Crippen LogP contribution in [-0.4, -0.2) is 67.3 Å². The van der Waals surface area contributed by atoms with Gasteiger partial charge < -0.3 is 15.2 Å². The van der Waals surface area contributed by atoms with Crippen LogP contribution in [0.1, 0.15) is 6.92 Å². The Morgan fingerprint density at radius 2 is 2.05 bits per heavy atom. The van der Waals surface area contributed by atoms with Crippen molar-refractivity contribution in [3.63, 3.8) is 0 Å². The largest absolute Gasteiger partial charge is 0.481 e. The Labute approximate surface area is 111 Å². The van der Waals surface area contributed by atoms with Gasteiger partial charge in [-0.25, -0.2) is 4.79 Å². The molecule has 0 spiro atoms. The highest BCUT2D eigenvalue weighted by Gasteiger charge is 2.37. The molecule has 8 heteroatoms. The minimum Gasteiger partial charge on any atom is -0.481 e. The minimum absolute atomic E-state index is 0.0606. The molecular formula is C11H19N3O5. The number of aliphatic carboxylic acids is 1. The van der Waals surface area contributed by atoms with Crippen LogP contribution in [-0.2, 0) is 14.3 Å². The highest BCUT2D eigenvalue weighted by molar-refractivity contribution is 5.95. The third-order valence-electron chi connectivity index (χ3n) is 2.92. The van der Waals surface area contributed by atoms with Gasteiger partial charge in [-0.2, -0.15) is 0 Å². The summed E-state index contributed by atoms with van der Waals surface area (Å²) in [5.41, 5.74) is 0. The van der Waals surface area contributed by atoms with E-state index in [9.17, 15) is 14.4 Å². The number of carbonyl (C=O) groups excluding carboxylic acids is 2. The van der Waals surface area contributed by atoms with Crippen molar-refractivity contribution in [3.8, 4) is 0 Å². The van der Waals surface area contributed by atoms with Gasteiger partial charge in [0.25, 0.3) is 0 Å². The average Bonchev–Trinajstić information content (AvgIpc) is 2.77. The second-order valence-electron chi connectivity index (χ2n) is 4.37. The first-order chi connectivity index (χ1) is 8.95. The highest BCUT2D eigenvalue weighted by atomic mass is 16.5. The fourth-order valence-electron chi connectivity index (χ4n) is 1.93. The Morgan fingerprint density at radius 3 is 2.63 bits per heavy atom. The van der Waals surface area contributed by atoms with Crippen molar-refractivity contribution < 1.29 is 24.2 Å². The molecule has 0 aromatic carbocycles. The van der Waals surface area contributed by atoms with Crippen LogP contribution in [0, 0.1) is 5.92 Å². The first-order valence-electron chi connectivity index (χ1n) is 6.04. The third-order valence-corrected chi connectivity index (χ3v) is 2.92. The van der Waals surface area contributed by atoms with E-state index in [0.29, 0.717) is 6.54 Å². The maximum absolute atomic E-state index is 11.6. The SMILES string of the molecule is CCNC(=O)NC(=O)CN(C)C1COCC1C(=O)O. The number of urea groups is 1. The van der Waals surface area contributed by atoms with Crippen LogP contribution < -0.4 is 10.6 Å². The third kappa shape index (κ3) is 4.49. The van der Waals surface area contributed by atoms with Crippen molar-refractivity contribution >= 4 is 17.9 Å². The van der Waals surface area contributed by atoms with E-state index in [4.69, 9.17) is 9.84 Å². The summed E-state index contributed by atoms with van der Waals surface area (Å²) in [7, 11) is 1.63. The number of likely N-dealkylation sites (N-methyl/N-ethyl adjacent to an activating group) is 1. The quantitative estimate of drug-likeness (QED) is 0.584. The average molecular weight is 273 g/mol. The maximum Gasteiger partial charge on any atom is 0.321 e. The van der Waals surface area contributed by atoms with Crippen LogP contribution in [0.5, 0.6) is 0 Å². The van der Waals surface area contributed by atoms with Crippen LogP contribution in [0.4, 0.5) is 4.79 Å². The Kier molecular flexibility index (Phi) is 5.71. The fraction of sp³-hybridized carbons (Fsp3) is 0.727. The van der Waals surface area contributed by atoms with Gasteiger partial charge in [-0.3, -0.25) is 19.8 Å². The summed E-state index contributed by atoms with van der Waals surface area (Å²) in [4.78, 5) is 35.3. The van der Waals surface area contributed by atoms with Crippen LogP contribution in [0.25, 0.3) is 0 Å². The molecule has 1 rings (SSSR count). The van der Waals surface area contributed by atoms with Gasteiger partial charge in [0.05, 0.1) is 25.7 Å². The van der Waals surface area contributed by atoms with Crippen molar-refractivity contribution in [1.29, 1.82) is 0 Å². The Bertz CT molecular complexity index is 360. The number of hydrogen-bond acceptors (Lipinski definition) is 5. The van der Waals surface area contributed by atoms with E-state index in [1.54, 1.807) is 18.9 Å². The summed E-state index contributed by atoms with van der Waals surface area (Å²) in [5, 5.41) is 13.6. The molecule has 108 valence electrons. The number of imide groups is 1. The molecule has 1 heterocycles. The van der Waals surface area contributed by atoms with Crippen molar-refractivity contribution in [1.82, 2.24) is 15.5 Å². The van der Waals surface area contributed by atoms with Crippen molar-refractivity contribution in [3.05, 3.63) is 0 Å². The van der Waals surface area contributed by atoms with Gasteiger partial charge in [0.2, 0.25) is 5.91 Å². The molecule has 1 saturated heterocycles. The van der Waals surface area contributed by atoms with Gasteiger partial charge in [0.1, 0.15) is 0 Å². The van der Waals surface area contributed by atoms with Crippen LogP contribution in [0.2, 0.25) is 0 Å². The van der Waals surface area contributed by atoms with Gasteiger partial charge in [0.15, 0.2) is 0 Å². The molecule has 8 nitrogen and oxygen atoms in total. The van der Waals surface area contributed by atoms with Gasteiger partial charge >= 0.3 is 12.0 Å². The number of nitrogens with zero attached hydrogens (tertiary/aromatic N) is 1. The van der Waals surface area contributed by atoms with Crippen LogP contribution in [0.3, 0.4) is 0 Å². The van der Waals surface area contributed by atoms with Crippen LogP contribution in [0.15, 0.2) is 0 Å². The molecule has 1 aliphatic heterocycles. The smallest absolute Gasteiger partial charge is 0.321 e. The summed E-state index contributed by atoms with van der Waals surface area (Å²) in [6.45, 7) is 2.51. The van der Waals surface area contributed by atoms with Crippen molar-refractivity contribution in [2.24, 2.45) is 5.92 Å². The normalized spacial score (nSPS) is 22.3. The van der Waals surface area contributed by atoms with E-state index < -0.39 is 23.8 Å². The fourth-order valence-corrected chi connectivity index (χ4v) is 1.93. The Balaban J connectivity index is 2.45. The van der Waals surface area contributed by atoms with Crippen molar-refractivity contribution in [2.75, 3.05) is 33.4 Å². The predicted molar refractivity (Wildman–Crippen MR) is 65.6 cm³/mol. The van der Waals surface area contributed by atoms with Gasteiger partial charge in [-0.1, -0.05) is 0 Å². The number of carboxylic acid groups (broad SMARTS) is 1. The maximum atomic E-state index is 11.6. The van der Waals surface area contributed by atoms with E-state index in [2.05, 4.69) is 10.6 Å². The van der Waals surface area contributed by atoms with Gasteiger partial charge in [-0.15, -0.1) is 0 Å². The Morgan fingerprint density at radius 1 is 1.37 bits per heavy atom. The van der Waals surface area contributed by atoms with Gasteiger partial charge in [-0.05, 0) is 14.0 Å². The number of rotatable bonds is 5. The first kappa shape index (κ1) is 15.4. The zero-order valence-electron chi connectivity index (χ0n) is 11.0. The molecule has 2 atom stereocenters. The standard InChI is InChI=1S/C11H19N3O5/c1-3-12-11(18)13-9(15)4-14(2)8-6-19-5-7(8)10(16)17/h7-8H,3-6H2,1-2H3,(H,16,17)(H2,12,13,15,18). The summed E-state index contributed by atoms with van der Waals surface area (Å²) in [5.74, 6) is -2.08. The molecular weight excluding hydrogens is 254 g/mol. The molecule has 3 N–H and O–H groups in total. The van der Waals surface area contributed by atoms with E-state index in [1.165, 1.54) is 0 Å². The Hall–Kier alpha value is -1.67. The van der Waals surface area contributed by atoms with Crippen molar-refractivity contribution in [2.45, 2.75) is 13.0 Å².